The number of phenols is 1. The molecule has 0 heterocycles. The van der Waals surface area contributed by atoms with Crippen LogP contribution in [0, 0.1) is 0 Å². The third-order valence-electron chi connectivity index (χ3n) is 2.88. The Kier molecular flexibility index (Phi) is 3.58. The molecule has 3 nitrogen and oxygen atoms in total. The van der Waals surface area contributed by atoms with E-state index in [9.17, 15) is 9.90 Å². The van der Waals surface area contributed by atoms with Crippen LogP contribution in [-0.2, 0) is 5.41 Å². The van der Waals surface area contributed by atoms with Gasteiger partial charge in [0.2, 0.25) is 0 Å². The van der Waals surface area contributed by atoms with Gasteiger partial charge >= 0.3 is 5.97 Å². The van der Waals surface area contributed by atoms with Gasteiger partial charge in [-0.1, -0.05) is 33.3 Å². The first-order valence-corrected chi connectivity index (χ1v) is 5.45. The van der Waals surface area contributed by atoms with Gasteiger partial charge in [-0.2, -0.15) is 0 Å². The Morgan fingerprint density at radius 1 is 1.38 bits per heavy atom. The Morgan fingerprint density at radius 3 is 2.50 bits per heavy atom. The lowest BCUT2D eigenvalue weighted by Gasteiger charge is -2.25. The van der Waals surface area contributed by atoms with Crippen LogP contribution in [0.1, 0.15) is 49.5 Å². The molecule has 1 rings (SSSR count). The van der Waals surface area contributed by atoms with Crippen molar-refractivity contribution in [3.63, 3.8) is 0 Å². The largest absolute Gasteiger partial charge is 0.507 e. The van der Waals surface area contributed by atoms with E-state index < -0.39 is 5.97 Å². The molecular weight excluding hydrogens is 204 g/mol. The predicted octanol–water partition coefficient (Wildman–Crippen LogP) is 3.17. The number of aromatic carboxylic acids is 1. The minimum Gasteiger partial charge on any atom is -0.507 e. The summed E-state index contributed by atoms with van der Waals surface area (Å²) >= 11 is 0. The maximum Gasteiger partial charge on any atom is 0.339 e. The molecule has 0 radical (unpaired) electrons. The van der Waals surface area contributed by atoms with E-state index in [1.165, 1.54) is 6.07 Å². The van der Waals surface area contributed by atoms with Crippen molar-refractivity contribution in [2.24, 2.45) is 0 Å². The van der Waals surface area contributed by atoms with Crippen molar-refractivity contribution in [3.8, 4) is 5.75 Å². The van der Waals surface area contributed by atoms with E-state index in [0.717, 1.165) is 18.4 Å². The first-order valence-electron chi connectivity index (χ1n) is 5.45. The summed E-state index contributed by atoms with van der Waals surface area (Å²) in [6.45, 7) is 6.25. The molecule has 0 bridgehead atoms. The average Bonchev–Trinajstić information content (AvgIpc) is 2.17. The summed E-state index contributed by atoms with van der Waals surface area (Å²) in [5.74, 6) is -1.27. The third kappa shape index (κ3) is 2.54. The number of carbonyl (C=O) groups is 1. The van der Waals surface area contributed by atoms with E-state index in [2.05, 4.69) is 20.8 Å². The minimum absolute atomic E-state index is 0.0262. The lowest BCUT2D eigenvalue weighted by Crippen LogP contribution is -2.17. The molecule has 0 aliphatic heterocycles. The molecule has 0 spiro atoms. The molecule has 0 saturated carbocycles. The summed E-state index contributed by atoms with van der Waals surface area (Å²) in [4.78, 5) is 10.9. The molecule has 0 aromatic heterocycles. The fourth-order valence-corrected chi connectivity index (χ4v) is 1.90. The predicted molar refractivity (Wildman–Crippen MR) is 63.0 cm³/mol. The molecule has 2 N–H and O–H groups in total. The molecule has 3 heteroatoms. The second kappa shape index (κ2) is 4.56. The average molecular weight is 222 g/mol. The third-order valence-corrected chi connectivity index (χ3v) is 2.88. The lowest BCUT2D eigenvalue weighted by molar-refractivity contribution is 0.0693. The topological polar surface area (TPSA) is 57.5 Å². The number of rotatable bonds is 4. The fourth-order valence-electron chi connectivity index (χ4n) is 1.90. The van der Waals surface area contributed by atoms with Crippen molar-refractivity contribution in [2.45, 2.75) is 39.0 Å². The molecule has 0 saturated heterocycles. The van der Waals surface area contributed by atoms with Crippen molar-refractivity contribution in [1.82, 2.24) is 0 Å². The quantitative estimate of drug-likeness (QED) is 0.822. The molecule has 0 aliphatic rings. The smallest absolute Gasteiger partial charge is 0.339 e. The maximum absolute atomic E-state index is 10.9. The zero-order valence-corrected chi connectivity index (χ0v) is 9.95. The number of hydrogen-bond donors (Lipinski definition) is 2. The van der Waals surface area contributed by atoms with Crippen LogP contribution < -0.4 is 0 Å². The zero-order chi connectivity index (χ0) is 12.3. The van der Waals surface area contributed by atoms with Crippen molar-refractivity contribution in [1.29, 1.82) is 0 Å². The van der Waals surface area contributed by atoms with Gasteiger partial charge < -0.3 is 10.2 Å². The maximum atomic E-state index is 10.9. The highest BCUT2D eigenvalue weighted by molar-refractivity contribution is 5.91. The summed E-state index contributed by atoms with van der Waals surface area (Å²) < 4.78 is 0. The SMILES string of the molecule is CCCC(C)(C)c1ccc(O)c(C(=O)O)c1. The summed E-state index contributed by atoms with van der Waals surface area (Å²) in [7, 11) is 0. The van der Waals surface area contributed by atoms with Gasteiger partial charge in [0.15, 0.2) is 0 Å². The number of carboxylic acid groups (broad SMARTS) is 1. The second-order valence-corrected chi connectivity index (χ2v) is 4.67. The van der Waals surface area contributed by atoms with Crippen LogP contribution >= 0.6 is 0 Å². The second-order valence-electron chi connectivity index (χ2n) is 4.67. The highest BCUT2D eigenvalue weighted by Gasteiger charge is 2.21. The van der Waals surface area contributed by atoms with E-state index in [-0.39, 0.29) is 16.7 Å². The van der Waals surface area contributed by atoms with E-state index >= 15 is 0 Å². The van der Waals surface area contributed by atoms with E-state index in [1.54, 1.807) is 12.1 Å². The molecule has 0 atom stereocenters. The van der Waals surface area contributed by atoms with Crippen LogP contribution in [0.5, 0.6) is 5.75 Å². The van der Waals surface area contributed by atoms with Crippen LogP contribution in [0.25, 0.3) is 0 Å². The van der Waals surface area contributed by atoms with Gasteiger partial charge in [-0.15, -0.1) is 0 Å². The normalized spacial score (nSPS) is 11.4. The molecule has 0 fully saturated rings. The van der Waals surface area contributed by atoms with Crippen LogP contribution in [0.3, 0.4) is 0 Å². The zero-order valence-electron chi connectivity index (χ0n) is 9.95. The lowest BCUT2D eigenvalue weighted by atomic mass is 9.80. The molecule has 0 unspecified atom stereocenters. The van der Waals surface area contributed by atoms with E-state index in [4.69, 9.17) is 5.11 Å². The van der Waals surface area contributed by atoms with Crippen LogP contribution in [-0.4, -0.2) is 16.2 Å². The van der Waals surface area contributed by atoms with Crippen molar-refractivity contribution in [3.05, 3.63) is 29.3 Å². The first kappa shape index (κ1) is 12.6. The van der Waals surface area contributed by atoms with Gasteiger partial charge in [0.05, 0.1) is 0 Å². The molecule has 1 aromatic rings. The number of benzene rings is 1. The van der Waals surface area contributed by atoms with Crippen LogP contribution in [0.4, 0.5) is 0 Å². The van der Waals surface area contributed by atoms with E-state index in [0.29, 0.717) is 0 Å². The van der Waals surface area contributed by atoms with Gasteiger partial charge in [-0.3, -0.25) is 0 Å². The van der Waals surface area contributed by atoms with E-state index in [1.807, 2.05) is 0 Å². The summed E-state index contributed by atoms with van der Waals surface area (Å²) in [6, 6.07) is 4.81. The van der Waals surface area contributed by atoms with Gasteiger partial charge in [0, 0.05) is 0 Å². The van der Waals surface area contributed by atoms with Crippen molar-refractivity contribution < 1.29 is 15.0 Å². The van der Waals surface area contributed by atoms with Crippen LogP contribution in [0.15, 0.2) is 18.2 Å². The molecular formula is C13H18O3. The van der Waals surface area contributed by atoms with Gasteiger partial charge in [-0.05, 0) is 29.5 Å². The van der Waals surface area contributed by atoms with Gasteiger partial charge in [0.1, 0.15) is 11.3 Å². The first-order chi connectivity index (χ1) is 7.38. The Hall–Kier alpha value is -1.51. The summed E-state index contributed by atoms with van der Waals surface area (Å²) in [6.07, 6.45) is 2.02. The minimum atomic E-state index is -1.09. The fraction of sp³-hybridized carbons (Fsp3) is 0.462. The number of hydrogen-bond acceptors (Lipinski definition) is 2. The van der Waals surface area contributed by atoms with Crippen LogP contribution in [0.2, 0.25) is 0 Å². The summed E-state index contributed by atoms with van der Waals surface area (Å²) in [5, 5.41) is 18.3. The Balaban J connectivity index is 3.17. The highest BCUT2D eigenvalue weighted by atomic mass is 16.4. The Labute approximate surface area is 95.7 Å². The number of carboxylic acids is 1. The molecule has 0 aliphatic carbocycles. The Morgan fingerprint density at radius 2 is 2.00 bits per heavy atom. The number of aromatic hydroxyl groups is 1. The molecule has 88 valence electrons. The standard InChI is InChI=1S/C13H18O3/c1-4-7-13(2,3)9-5-6-11(14)10(8-9)12(15)16/h5-6,8,14H,4,7H2,1-3H3,(H,15,16). The highest BCUT2D eigenvalue weighted by Crippen LogP contribution is 2.31. The Bertz CT molecular complexity index is 394. The molecule has 0 amide bonds. The van der Waals surface area contributed by atoms with Gasteiger partial charge in [-0.25, -0.2) is 4.79 Å². The van der Waals surface area contributed by atoms with Gasteiger partial charge in [0.25, 0.3) is 0 Å². The summed E-state index contributed by atoms with van der Waals surface area (Å²) in [5.41, 5.74) is 0.860. The van der Waals surface area contributed by atoms with Crippen molar-refractivity contribution >= 4 is 5.97 Å². The molecule has 1 aromatic carbocycles. The van der Waals surface area contributed by atoms with Crippen molar-refractivity contribution in [2.75, 3.05) is 0 Å². The molecule has 16 heavy (non-hydrogen) atoms. The monoisotopic (exact) mass is 222 g/mol.